The molecule has 0 aliphatic heterocycles. The zero-order valence-corrected chi connectivity index (χ0v) is 12.7. The third-order valence-electron chi connectivity index (χ3n) is 4.38. The highest BCUT2D eigenvalue weighted by atomic mass is 35.5. The average Bonchev–Trinajstić information content (AvgIpc) is 2.69. The molecule has 0 spiro atoms. The Morgan fingerprint density at radius 2 is 2.20 bits per heavy atom. The van der Waals surface area contributed by atoms with E-state index in [0.29, 0.717) is 12.0 Å². The molecule has 0 amide bonds. The zero-order chi connectivity index (χ0) is 14.1. The van der Waals surface area contributed by atoms with Crippen LogP contribution in [0.25, 0.3) is 0 Å². The Balaban J connectivity index is 1.50. The molecule has 1 aromatic carbocycles. The number of benzene rings is 1. The van der Waals surface area contributed by atoms with E-state index in [9.17, 15) is 0 Å². The van der Waals surface area contributed by atoms with Gasteiger partial charge in [0.25, 0.3) is 0 Å². The fraction of sp³-hybridized carbons (Fsp3) is 0.438. The molecule has 0 atom stereocenters. The molecule has 1 saturated carbocycles. The van der Waals surface area contributed by atoms with Gasteiger partial charge in [-0.1, -0.05) is 23.7 Å². The molecule has 1 N–H and O–H groups in total. The van der Waals surface area contributed by atoms with E-state index in [0.717, 1.165) is 11.6 Å². The highest BCUT2D eigenvalue weighted by Gasteiger charge is 2.29. The first-order valence-corrected chi connectivity index (χ1v) is 7.47. The molecular formula is C16H20ClN3. The predicted molar refractivity (Wildman–Crippen MR) is 82.0 cm³/mol. The van der Waals surface area contributed by atoms with Crippen LogP contribution in [0.4, 0.5) is 0 Å². The summed E-state index contributed by atoms with van der Waals surface area (Å²) in [6.45, 7) is 3.02. The number of hydrogen-bond acceptors (Lipinski definition) is 2. The first kappa shape index (κ1) is 13.7. The van der Waals surface area contributed by atoms with Crippen LogP contribution < -0.4 is 5.32 Å². The van der Waals surface area contributed by atoms with E-state index in [1.165, 1.54) is 29.7 Å². The minimum Gasteiger partial charge on any atom is -0.310 e. The number of rotatable bonds is 4. The normalized spacial score (nSPS) is 21.8. The van der Waals surface area contributed by atoms with Gasteiger partial charge in [-0.3, -0.25) is 4.68 Å². The van der Waals surface area contributed by atoms with Crippen LogP contribution in [0.1, 0.15) is 35.6 Å². The molecule has 1 aliphatic carbocycles. The second kappa shape index (κ2) is 5.58. The maximum Gasteiger partial charge on any atom is 0.0537 e. The van der Waals surface area contributed by atoms with Gasteiger partial charge >= 0.3 is 0 Å². The maximum atomic E-state index is 6.04. The van der Waals surface area contributed by atoms with E-state index >= 15 is 0 Å². The van der Waals surface area contributed by atoms with Gasteiger partial charge in [-0.15, -0.1) is 0 Å². The van der Waals surface area contributed by atoms with Crippen LogP contribution in [0.5, 0.6) is 0 Å². The van der Waals surface area contributed by atoms with Crippen molar-refractivity contribution in [2.45, 2.75) is 38.3 Å². The third-order valence-corrected chi connectivity index (χ3v) is 4.61. The number of nitrogens with one attached hydrogen (secondary N) is 1. The number of halogens is 1. The Labute approximate surface area is 124 Å². The molecule has 3 nitrogen and oxygen atoms in total. The molecule has 2 aromatic rings. The lowest BCUT2D eigenvalue weighted by Gasteiger charge is -2.36. The molecule has 0 bridgehead atoms. The Kier molecular flexibility index (Phi) is 3.81. The van der Waals surface area contributed by atoms with Gasteiger partial charge < -0.3 is 5.32 Å². The summed E-state index contributed by atoms with van der Waals surface area (Å²) in [5.74, 6) is 0.654. The number of hydrogen-bond donors (Lipinski definition) is 1. The fourth-order valence-electron chi connectivity index (χ4n) is 2.79. The Morgan fingerprint density at radius 1 is 1.40 bits per heavy atom. The van der Waals surface area contributed by atoms with Gasteiger partial charge in [0.15, 0.2) is 0 Å². The molecule has 0 radical (unpaired) electrons. The Hall–Kier alpha value is -1.32. The molecular weight excluding hydrogens is 270 g/mol. The van der Waals surface area contributed by atoms with Gasteiger partial charge in [-0.05, 0) is 43.4 Å². The Bertz CT molecular complexity index is 600. The largest absolute Gasteiger partial charge is 0.310 e. The van der Waals surface area contributed by atoms with Crippen molar-refractivity contribution in [1.82, 2.24) is 15.1 Å². The van der Waals surface area contributed by atoms with Gasteiger partial charge in [-0.25, -0.2) is 0 Å². The van der Waals surface area contributed by atoms with E-state index in [4.69, 9.17) is 11.6 Å². The molecule has 0 unspecified atom stereocenters. The van der Waals surface area contributed by atoms with E-state index < -0.39 is 0 Å². The minimum atomic E-state index is 0.610. The molecule has 1 aliphatic rings. The van der Waals surface area contributed by atoms with E-state index in [-0.39, 0.29) is 0 Å². The summed E-state index contributed by atoms with van der Waals surface area (Å²) in [6, 6.07) is 8.85. The second-order valence-electron chi connectivity index (χ2n) is 5.68. The van der Waals surface area contributed by atoms with E-state index in [1.807, 2.05) is 30.1 Å². The van der Waals surface area contributed by atoms with E-state index in [1.54, 1.807) is 0 Å². The molecule has 4 heteroatoms. The van der Waals surface area contributed by atoms with Crippen LogP contribution >= 0.6 is 11.6 Å². The average molecular weight is 290 g/mol. The summed E-state index contributed by atoms with van der Waals surface area (Å²) in [5.41, 5.74) is 3.90. The quantitative estimate of drug-likeness (QED) is 0.935. The maximum absolute atomic E-state index is 6.04. The summed E-state index contributed by atoms with van der Waals surface area (Å²) in [7, 11) is 1.98. The molecule has 106 valence electrons. The van der Waals surface area contributed by atoms with Crippen molar-refractivity contribution < 1.29 is 0 Å². The zero-order valence-electron chi connectivity index (χ0n) is 11.9. The molecule has 1 heterocycles. The number of nitrogens with zero attached hydrogens (tertiary/aromatic N) is 2. The van der Waals surface area contributed by atoms with Crippen molar-refractivity contribution in [2.24, 2.45) is 7.05 Å². The van der Waals surface area contributed by atoms with Crippen LogP contribution in [0.2, 0.25) is 5.02 Å². The lowest BCUT2D eigenvalue weighted by Crippen LogP contribution is -2.39. The summed E-state index contributed by atoms with van der Waals surface area (Å²) >= 11 is 6.04. The van der Waals surface area contributed by atoms with Crippen LogP contribution in [0.15, 0.2) is 30.5 Å². The van der Waals surface area contributed by atoms with Crippen molar-refractivity contribution >= 4 is 11.6 Å². The van der Waals surface area contributed by atoms with Gasteiger partial charge in [0, 0.05) is 35.9 Å². The first-order valence-electron chi connectivity index (χ1n) is 7.10. The van der Waals surface area contributed by atoms with E-state index in [2.05, 4.69) is 29.5 Å². The van der Waals surface area contributed by atoms with Gasteiger partial charge in [-0.2, -0.15) is 5.10 Å². The summed E-state index contributed by atoms with van der Waals surface area (Å²) in [4.78, 5) is 0. The third kappa shape index (κ3) is 2.74. The molecule has 1 aromatic heterocycles. The van der Waals surface area contributed by atoms with Crippen molar-refractivity contribution in [3.8, 4) is 0 Å². The van der Waals surface area contributed by atoms with Crippen molar-refractivity contribution in [1.29, 1.82) is 0 Å². The summed E-state index contributed by atoms with van der Waals surface area (Å²) < 4.78 is 1.92. The standard InChI is InChI=1S/C16H20ClN3/c1-11-14(10-19-20(11)2)9-18-16-7-13(8-16)12-4-3-5-15(17)6-12/h3-6,10,13,16,18H,7-9H2,1-2H3. The van der Waals surface area contributed by atoms with Gasteiger partial charge in [0.2, 0.25) is 0 Å². The summed E-state index contributed by atoms with van der Waals surface area (Å²) in [5, 5.41) is 8.73. The van der Waals surface area contributed by atoms with Crippen LogP contribution in [0.3, 0.4) is 0 Å². The lowest BCUT2D eigenvalue weighted by atomic mass is 9.76. The molecule has 20 heavy (non-hydrogen) atoms. The van der Waals surface area contributed by atoms with Gasteiger partial charge in [0.1, 0.15) is 0 Å². The smallest absolute Gasteiger partial charge is 0.0537 e. The first-order chi connectivity index (χ1) is 9.63. The Morgan fingerprint density at radius 3 is 2.85 bits per heavy atom. The lowest BCUT2D eigenvalue weighted by molar-refractivity contribution is 0.289. The van der Waals surface area contributed by atoms with Crippen LogP contribution in [-0.4, -0.2) is 15.8 Å². The predicted octanol–water partition coefficient (Wildman–Crippen LogP) is 3.42. The highest BCUT2D eigenvalue weighted by molar-refractivity contribution is 6.30. The topological polar surface area (TPSA) is 29.9 Å². The second-order valence-corrected chi connectivity index (χ2v) is 6.12. The number of aromatic nitrogens is 2. The highest BCUT2D eigenvalue weighted by Crippen LogP contribution is 2.37. The van der Waals surface area contributed by atoms with Crippen molar-refractivity contribution in [3.63, 3.8) is 0 Å². The molecule has 0 saturated heterocycles. The number of aryl methyl sites for hydroxylation is 1. The van der Waals surface area contributed by atoms with Crippen molar-refractivity contribution in [2.75, 3.05) is 0 Å². The molecule has 3 rings (SSSR count). The van der Waals surface area contributed by atoms with Crippen LogP contribution in [0, 0.1) is 6.92 Å². The molecule has 1 fully saturated rings. The summed E-state index contributed by atoms with van der Waals surface area (Å²) in [6.07, 6.45) is 4.34. The monoisotopic (exact) mass is 289 g/mol. The fourth-order valence-corrected chi connectivity index (χ4v) is 2.99. The minimum absolute atomic E-state index is 0.610. The van der Waals surface area contributed by atoms with Gasteiger partial charge in [0.05, 0.1) is 6.20 Å². The van der Waals surface area contributed by atoms with Crippen molar-refractivity contribution in [3.05, 3.63) is 52.3 Å². The van der Waals surface area contributed by atoms with Crippen LogP contribution in [-0.2, 0) is 13.6 Å². The SMILES string of the molecule is Cc1c(CNC2CC(c3cccc(Cl)c3)C2)cnn1C.